The van der Waals surface area contributed by atoms with Crippen molar-refractivity contribution in [2.24, 2.45) is 5.92 Å². The number of carbonyl (C=O) groups is 1. The van der Waals surface area contributed by atoms with Crippen molar-refractivity contribution in [2.45, 2.75) is 24.3 Å². The predicted octanol–water partition coefficient (Wildman–Crippen LogP) is 2.44. The van der Waals surface area contributed by atoms with Crippen LogP contribution in [0.25, 0.3) is 0 Å². The van der Waals surface area contributed by atoms with Crippen molar-refractivity contribution >= 4 is 51.0 Å². The van der Waals surface area contributed by atoms with E-state index in [1.165, 1.54) is 17.4 Å². The summed E-state index contributed by atoms with van der Waals surface area (Å²) in [5.74, 6) is 0.261. The highest BCUT2D eigenvalue weighted by molar-refractivity contribution is 7.89. The topological polar surface area (TPSA) is 87.3 Å². The van der Waals surface area contributed by atoms with Crippen LogP contribution in [0.15, 0.2) is 33.9 Å². The average molecular weight is 436 g/mol. The molecule has 1 unspecified atom stereocenters. The molecular weight excluding hydrogens is 414 g/mol. The van der Waals surface area contributed by atoms with Crippen LogP contribution in [0.3, 0.4) is 0 Å². The van der Waals surface area contributed by atoms with Gasteiger partial charge in [0.15, 0.2) is 0 Å². The van der Waals surface area contributed by atoms with E-state index in [0.717, 1.165) is 42.1 Å². The Labute approximate surface area is 167 Å². The van der Waals surface area contributed by atoms with Crippen LogP contribution in [-0.2, 0) is 16.6 Å². The lowest BCUT2D eigenvalue weighted by atomic mass is 10.1. The quantitative estimate of drug-likeness (QED) is 0.594. The molecule has 1 fully saturated rings. The second kappa shape index (κ2) is 9.82. The highest BCUT2D eigenvalue weighted by atomic mass is 35.5. The summed E-state index contributed by atoms with van der Waals surface area (Å²) in [5, 5.41) is 9.67. The zero-order chi connectivity index (χ0) is 17.7. The van der Waals surface area contributed by atoms with E-state index in [2.05, 4.69) is 15.4 Å². The lowest BCUT2D eigenvalue weighted by Gasteiger charge is -2.10. The normalized spacial score (nSPS) is 17.0. The molecule has 0 aliphatic carbocycles. The molecule has 0 aromatic carbocycles. The Morgan fingerprint density at radius 2 is 2.12 bits per heavy atom. The van der Waals surface area contributed by atoms with E-state index in [-0.39, 0.29) is 34.6 Å². The van der Waals surface area contributed by atoms with Crippen LogP contribution >= 0.6 is 35.1 Å². The molecule has 6 nitrogen and oxygen atoms in total. The molecule has 144 valence electrons. The van der Waals surface area contributed by atoms with Crippen LogP contribution in [-0.4, -0.2) is 34.0 Å². The number of nitrogens with one attached hydrogen (secondary N) is 3. The van der Waals surface area contributed by atoms with Crippen LogP contribution in [0.4, 0.5) is 0 Å². The number of carbonyl (C=O) groups excluding carboxylic acids is 1. The summed E-state index contributed by atoms with van der Waals surface area (Å²) in [7, 11) is -3.71. The van der Waals surface area contributed by atoms with Crippen molar-refractivity contribution in [3.63, 3.8) is 0 Å². The molecule has 2 aromatic rings. The largest absolute Gasteiger partial charge is 0.351 e. The number of hydrogen-bond acceptors (Lipinski definition) is 6. The fraction of sp³-hybridized carbons (Fsp3) is 0.438. The number of rotatable bonds is 8. The van der Waals surface area contributed by atoms with Crippen LogP contribution in [0, 0.1) is 5.92 Å². The summed E-state index contributed by atoms with van der Waals surface area (Å²) < 4.78 is 27.6. The van der Waals surface area contributed by atoms with Crippen LogP contribution in [0.5, 0.6) is 0 Å². The lowest BCUT2D eigenvalue weighted by molar-refractivity contribution is 0.0952. The van der Waals surface area contributed by atoms with E-state index >= 15 is 0 Å². The molecule has 1 aliphatic heterocycles. The van der Waals surface area contributed by atoms with Crippen LogP contribution < -0.4 is 15.4 Å². The smallest absolute Gasteiger partial charge is 0.262 e. The van der Waals surface area contributed by atoms with Gasteiger partial charge in [0.25, 0.3) is 5.91 Å². The van der Waals surface area contributed by atoms with E-state index in [9.17, 15) is 13.2 Å². The Morgan fingerprint density at radius 1 is 1.27 bits per heavy atom. The summed E-state index contributed by atoms with van der Waals surface area (Å²) in [4.78, 5) is 13.6. The van der Waals surface area contributed by atoms with Gasteiger partial charge in [-0.05, 0) is 54.7 Å². The monoisotopic (exact) mass is 435 g/mol. The van der Waals surface area contributed by atoms with Gasteiger partial charge >= 0.3 is 0 Å². The Balaban J connectivity index is 0.00000243. The minimum Gasteiger partial charge on any atom is -0.351 e. The first kappa shape index (κ1) is 21.3. The molecule has 0 bridgehead atoms. The molecule has 3 rings (SSSR count). The Hall–Kier alpha value is -0.970. The van der Waals surface area contributed by atoms with Gasteiger partial charge < -0.3 is 10.6 Å². The zero-order valence-corrected chi connectivity index (χ0v) is 17.3. The van der Waals surface area contributed by atoms with E-state index in [1.54, 1.807) is 5.38 Å². The second-order valence-corrected chi connectivity index (χ2v) is 9.61. The second-order valence-electron chi connectivity index (χ2n) is 5.92. The van der Waals surface area contributed by atoms with Gasteiger partial charge in [-0.2, -0.15) is 0 Å². The molecule has 10 heteroatoms. The van der Waals surface area contributed by atoms with Gasteiger partial charge in [-0.25, -0.2) is 13.1 Å². The maximum Gasteiger partial charge on any atom is 0.262 e. The van der Waals surface area contributed by atoms with Crippen LogP contribution in [0.2, 0.25) is 0 Å². The molecule has 26 heavy (non-hydrogen) atoms. The molecule has 2 aromatic heterocycles. The molecule has 0 saturated carbocycles. The van der Waals surface area contributed by atoms with E-state index in [4.69, 9.17) is 0 Å². The number of sulfonamides is 1. The van der Waals surface area contributed by atoms with Crippen molar-refractivity contribution in [2.75, 3.05) is 19.6 Å². The third-order valence-electron chi connectivity index (χ3n) is 4.14. The van der Waals surface area contributed by atoms with Gasteiger partial charge in [-0.15, -0.1) is 35.1 Å². The predicted molar refractivity (Wildman–Crippen MR) is 108 cm³/mol. The third kappa shape index (κ3) is 5.51. The molecule has 1 aliphatic rings. The Bertz CT molecular complexity index is 800. The van der Waals surface area contributed by atoms with Gasteiger partial charge in [-0.1, -0.05) is 6.07 Å². The van der Waals surface area contributed by atoms with E-state index in [0.29, 0.717) is 12.5 Å². The highest BCUT2D eigenvalue weighted by Gasteiger charge is 2.24. The molecule has 1 saturated heterocycles. The number of hydrogen-bond donors (Lipinski definition) is 3. The first-order chi connectivity index (χ1) is 12.1. The minimum absolute atomic E-state index is 0. The van der Waals surface area contributed by atoms with Gasteiger partial charge in [-0.3, -0.25) is 4.79 Å². The van der Waals surface area contributed by atoms with Crippen LogP contribution in [0.1, 0.15) is 27.4 Å². The molecule has 0 radical (unpaired) electrons. The fourth-order valence-corrected chi connectivity index (χ4v) is 5.85. The van der Waals surface area contributed by atoms with Crippen molar-refractivity contribution in [1.82, 2.24) is 15.4 Å². The summed E-state index contributed by atoms with van der Waals surface area (Å²) in [6.07, 6.45) is 2.03. The van der Waals surface area contributed by atoms with Gasteiger partial charge in [0.05, 0.1) is 0 Å². The maximum atomic E-state index is 12.5. The molecule has 1 atom stereocenters. The lowest BCUT2D eigenvalue weighted by Crippen LogP contribution is -2.29. The molecule has 3 N–H and O–H groups in total. The van der Waals surface area contributed by atoms with Crippen molar-refractivity contribution in [3.05, 3.63) is 38.7 Å². The van der Waals surface area contributed by atoms with E-state index < -0.39 is 10.0 Å². The highest BCUT2D eigenvalue weighted by Crippen LogP contribution is 2.22. The van der Waals surface area contributed by atoms with Crippen molar-refractivity contribution in [3.8, 4) is 0 Å². The fourth-order valence-electron chi connectivity index (χ4n) is 2.76. The number of amides is 1. The molecule has 3 heterocycles. The Morgan fingerprint density at radius 3 is 2.81 bits per heavy atom. The number of halogens is 1. The number of thiophene rings is 2. The minimum atomic E-state index is -3.71. The first-order valence-electron chi connectivity index (χ1n) is 8.15. The van der Waals surface area contributed by atoms with Gasteiger partial charge in [0.2, 0.25) is 10.0 Å². The average Bonchev–Trinajstić information content (AvgIpc) is 3.33. The first-order valence-corrected chi connectivity index (χ1v) is 11.4. The summed E-state index contributed by atoms with van der Waals surface area (Å²) in [5.41, 5.74) is 0. The van der Waals surface area contributed by atoms with E-state index in [1.807, 2.05) is 17.5 Å². The Kier molecular flexibility index (Phi) is 8.05. The zero-order valence-electron chi connectivity index (χ0n) is 14.1. The van der Waals surface area contributed by atoms with Crippen molar-refractivity contribution in [1.29, 1.82) is 0 Å². The van der Waals surface area contributed by atoms with Gasteiger partial charge in [0, 0.05) is 18.0 Å². The summed E-state index contributed by atoms with van der Waals surface area (Å²) in [6.45, 7) is 2.81. The van der Waals surface area contributed by atoms with Gasteiger partial charge in [0.1, 0.15) is 9.77 Å². The molecular formula is C16H22ClN3O3S3. The molecule has 1 amide bonds. The maximum absolute atomic E-state index is 12.5. The summed E-state index contributed by atoms with van der Waals surface area (Å²) in [6, 6.07) is 5.22. The van der Waals surface area contributed by atoms with Crippen molar-refractivity contribution < 1.29 is 13.2 Å². The standard InChI is InChI=1S/C16H21N3O3S3.ClH/c20-16(18-7-4-12-3-6-17-10-12)15-14(5-9-24-15)25(21,22)19-11-13-2-1-8-23-13;/h1-2,5,8-9,12,17,19H,3-4,6-7,10-11H2,(H,18,20);1H. The third-order valence-corrected chi connectivity index (χ3v) is 7.50. The molecule has 0 spiro atoms. The summed E-state index contributed by atoms with van der Waals surface area (Å²) >= 11 is 2.64. The SMILES string of the molecule is Cl.O=C(NCCC1CCNC1)c1sccc1S(=O)(=O)NCc1cccs1.